The van der Waals surface area contributed by atoms with Crippen LogP contribution in [0.3, 0.4) is 0 Å². The van der Waals surface area contributed by atoms with Crippen molar-refractivity contribution in [3.05, 3.63) is 76.5 Å². The quantitative estimate of drug-likeness (QED) is 0.421. The summed E-state index contributed by atoms with van der Waals surface area (Å²) in [6.07, 6.45) is -0.0592. The SMILES string of the molecule is N#CC(c1nc2ccccc2s1)C(c1ccc(-c2cccc(Cl)c2)o1)N1NC(=O)CC1=N. The summed E-state index contributed by atoms with van der Waals surface area (Å²) in [6.45, 7) is 0. The highest BCUT2D eigenvalue weighted by Gasteiger charge is 2.40. The van der Waals surface area contributed by atoms with E-state index in [-0.39, 0.29) is 18.2 Å². The van der Waals surface area contributed by atoms with E-state index < -0.39 is 12.0 Å². The Morgan fingerprint density at radius 1 is 1.22 bits per heavy atom. The van der Waals surface area contributed by atoms with E-state index in [1.807, 2.05) is 36.4 Å². The van der Waals surface area contributed by atoms with Crippen LogP contribution in [0.15, 0.2) is 65.1 Å². The van der Waals surface area contributed by atoms with Gasteiger partial charge < -0.3 is 4.42 Å². The van der Waals surface area contributed by atoms with Gasteiger partial charge in [-0.2, -0.15) is 5.26 Å². The van der Waals surface area contributed by atoms with Gasteiger partial charge in [-0.25, -0.2) is 4.98 Å². The maximum Gasteiger partial charge on any atom is 0.246 e. The normalized spacial score (nSPS) is 15.6. The van der Waals surface area contributed by atoms with Crippen LogP contribution in [0, 0.1) is 16.7 Å². The zero-order valence-corrected chi connectivity index (χ0v) is 18.2. The van der Waals surface area contributed by atoms with Gasteiger partial charge in [-0.1, -0.05) is 35.9 Å². The van der Waals surface area contributed by atoms with Gasteiger partial charge in [0.05, 0.1) is 22.7 Å². The van der Waals surface area contributed by atoms with Crippen LogP contribution in [0.1, 0.15) is 29.1 Å². The molecule has 0 bridgehead atoms. The minimum absolute atomic E-state index is 0.0592. The third kappa shape index (κ3) is 3.62. The lowest BCUT2D eigenvalue weighted by molar-refractivity contribution is -0.121. The third-order valence-electron chi connectivity index (χ3n) is 5.20. The van der Waals surface area contributed by atoms with Crippen LogP contribution < -0.4 is 5.43 Å². The molecule has 0 aliphatic carbocycles. The molecule has 1 saturated heterocycles. The number of halogens is 1. The van der Waals surface area contributed by atoms with E-state index in [2.05, 4.69) is 16.5 Å². The molecule has 0 spiro atoms. The molecule has 1 amide bonds. The summed E-state index contributed by atoms with van der Waals surface area (Å²) >= 11 is 7.54. The molecule has 7 nitrogen and oxygen atoms in total. The van der Waals surface area contributed by atoms with E-state index in [1.165, 1.54) is 16.3 Å². The minimum atomic E-state index is -0.774. The summed E-state index contributed by atoms with van der Waals surface area (Å²) < 4.78 is 7.10. The molecule has 1 aliphatic rings. The Morgan fingerprint density at radius 2 is 2.06 bits per heavy atom. The van der Waals surface area contributed by atoms with Gasteiger partial charge in [0, 0.05) is 10.6 Å². The molecular formula is C23H16ClN5O2S. The average Bonchev–Trinajstić information content (AvgIpc) is 3.50. The van der Waals surface area contributed by atoms with Crippen molar-refractivity contribution in [3.63, 3.8) is 0 Å². The van der Waals surface area contributed by atoms with Crippen molar-refractivity contribution in [1.82, 2.24) is 15.4 Å². The Balaban J connectivity index is 1.60. The molecule has 4 aromatic rings. The topological polar surface area (TPSA) is 106 Å². The van der Waals surface area contributed by atoms with E-state index >= 15 is 0 Å². The fraction of sp³-hybridized carbons (Fsp3) is 0.130. The van der Waals surface area contributed by atoms with Crippen molar-refractivity contribution in [2.24, 2.45) is 0 Å². The second-order valence-electron chi connectivity index (χ2n) is 7.31. The zero-order chi connectivity index (χ0) is 22.2. The molecule has 2 unspecified atom stereocenters. The maximum absolute atomic E-state index is 12.0. The summed E-state index contributed by atoms with van der Waals surface area (Å²) in [7, 11) is 0. The highest BCUT2D eigenvalue weighted by Crippen LogP contribution is 2.41. The van der Waals surface area contributed by atoms with Crippen LogP contribution in [0.2, 0.25) is 5.02 Å². The number of furan rings is 1. The summed E-state index contributed by atoms with van der Waals surface area (Å²) in [5.74, 6) is 0.0115. The molecule has 1 aliphatic heterocycles. The number of carbonyl (C=O) groups is 1. The van der Waals surface area contributed by atoms with Gasteiger partial charge in [-0.05, 0) is 36.4 Å². The molecule has 3 heterocycles. The number of nitriles is 1. The van der Waals surface area contributed by atoms with Gasteiger partial charge in [0.15, 0.2) is 0 Å². The summed E-state index contributed by atoms with van der Waals surface area (Å²) in [5.41, 5.74) is 4.28. The van der Waals surface area contributed by atoms with Crippen LogP contribution in [-0.4, -0.2) is 21.7 Å². The smallest absolute Gasteiger partial charge is 0.246 e. The lowest BCUT2D eigenvalue weighted by atomic mass is 9.99. The number of amides is 1. The first kappa shape index (κ1) is 20.2. The summed E-state index contributed by atoms with van der Waals surface area (Å²) in [6, 6.07) is 20.0. The monoisotopic (exact) mass is 461 g/mol. The summed E-state index contributed by atoms with van der Waals surface area (Å²) in [4.78, 5) is 16.7. The van der Waals surface area contributed by atoms with E-state index in [0.29, 0.717) is 21.6 Å². The number of hydrogen-bond donors (Lipinski definition) is 2. The third-order valence-corrected chi connectivity index (χ3v) is 6.56. The van der Waals surface area contributed by atoms with Crippen molar-refractivity contribution in [1.29, 1.82) is 10.7 Å². The largest absolute Gasteiger partial charge is 0.459 e. The van der Waals surface area contributed by atoms with E-state index in [9.17, 15) is 10.1 Å². The molecule has 158 valence electrons. The van der Waals surface area contributed by atoms with Gasteiger partial charge in [0.2, 0.25) is 5.91 Å². The number of nitrogens with one attached hydrogen (secondary N) is 2. The Labute approximate surface area is 192 Å². The summed E-state index contributed by atoms with van der Waals surface area (Å²) in [5, 5.41) is 21.0. The van der Waals surface area contributed by atoms with Crippen molar-refractivity contribution in [2.75, 3.05) is 0 Å². The lowest BCUT2D eigenvalue weighted by Gasteiger charge is -2.29. The van der Waals surface area contributed by atoms with Crippen molar-refractivity contribution < 1.29 is 9.21 Å². The van der Waals surface area contributed by atoms with Crippen LogP contribution in [0.4, 0.5) is 0 Å². The van der Waals surface area contributed by atoms with Crippen molar-refractivity contribution in [2.45, 2.75) is 18.4 Å². The first-order valence-electron chi connectivity index (χ1n) is 9.80. The number of carbonyl (C=O) groups excluding carboxylic acids is 1. The number of thiazole rings is 1. The van der Waals surface area contributed by atoms with E-state index in [1.54, 1.807) is 24.3 Å². The van der Waals surface area contributed by atoms with Crippen LogP contribution in [0.5, 0.6) is 0 Å². The molecule has 32 heavy (non-hydrogen) atoms. The fourth-order valence-electron chi connectivity index (χ4n) is 3.75. The molecule has 5 rings (SSSR count). The maximum atomic E-state index is 12.0. The molecule has 0 saturated carbocycles. The highest BCUT2D eigenvalue weighted by atomic mass is 35.5. The van der Waals surface area contributed by atoms with E-state index in [4.69, 9.17) is 21.4 Å². The number of nitrogens with zero attached hydrogens (tertiary/aromatic N) is 3. The van der Waals surface area contributed by atoms with Gasteiger partial charge in [-0.3, -0.25) is 20.6 Å². The first-order valence-corrected chi connectivity index (χ1v) is 11.0. The van der Waals surface area contributed by atoms with Gasteiger partial charge in [-0.15, -0.1) is 11.3 Å². The Morgan fingerprint density at radius 3 is 2.78 bits per heavy atom. The number of fused-ring (bicyclic) bond motifs is 1. The molecule has 2 N–H and O–H groups in total. The predicted octanol–water partition coefficient (Wildman–Crippen LogP) is 5.27. The Kier molecular flexibility index (Phi) is 5.13. The molecule has 2 atom stereocenters. The number of amidine groups is 1. The second-order valence-corrected chi connectivity index (χ2v) is 8.81. The average molecular weight is 462 g/mol. The second kappa shape index (κ2) is 8.11. The fourth-order valence-corrected chi connectivity index (χ4v) is 4.98. The van der Waals surface area contributed by atoms with Crippen LogP contribution in [-0.2, 0) is 4.79 Å². The number of rotatable bonds is 5. The van der Waals surface area contributed by atoms with Crippen molar-refractivity contribution in [3.8, 4) is 17.4 Å². The number of para-hydroxylation sites is 1. The first-order chi connectivity index (χ1) is 15.5. The molecular weight excluding hydrogens is 446 g/mol. The van der Waals surface area contributed by atoms with Crippen molar-refractivity contribution >= 4 is 44.9 Å². The van der Waals surface area contributed by atoms with Gasteiger partial charge >= 0.3 is 0 Å². The molecule has 9 heteroatoms. The van der Waals surface area contributed by atoms with Crippen LogP contribution >= 0.6 is 22.9 Å². The standard InChI is InChI=1S/C23H16ClN5O2S/c24-14-5-3-4-13(10-14)17-8-9-18(31-17)22(29-20(26)11-21(30)28-29)15(12-25)23-27-16-6-1-2-7-19(16)32-23/h1-10,15,22,26H,11H2,(H,28,30). The predicted molar refractivity (Wildman–Crippen MR) is 122 cm³/mol. The lowest BCUT2D eigenvalue weighted by Crippen LogP contribution is -2.41. The van der Waals surface area contributed by atoms with Gasteiger partial charge in [0.1, 0.15) is 34.3 Å². The number of hydrogen-bond acceptors (Lipinski definition) is 6. The minimum Gasteiger partial charge on any atom is -0.459 e. The number of hydrazine groups is 1. The molecule has 2 aromatic carbocycles. The molecule has 1 fully saturated rings. The number of benzene rings is 2. The Bertz CT molecular complexity index is 1360. The van der Waals surface area contributed by atoms with Crippen LogP contribution in [0.25, 0.3) is 21.5 Å². The molecule has 0 radical (unpaired) electrons. The number of aromatic nitrogens is 1. The van der Waals surface area contributed by atoms with E-state index in [0.717, 1.165) is 15.8 Å². The zero-order valence-electron chi connectivity index (χ0n) is 16.6. The highest BCUT2D eigenvalue weighted by molar-refractivity contribution is 7.18. The van der Waals surface area contributed by atoms with Gasteiger partial charge in [0.25, 0.3) is 0 Å². The molecule has 2 aromatic heterocycles. The Hall–Kier alpha value is -3.67.